The van der Waals surface area contributed by atoms with Crippen molar-refractivity contribution in [2.75, 3.05) is 0 Å². The van der Waals surface area contributed by atoms with Crippen LogP contribution >= 0.6 is 0 Å². The van der Waals surface area contributed by atoms with E-state index in [1.807, 2.05) is 0 Å². The van der Waals surface area contributed by atoms with Crippen LogP contribution in [-0.4, -0.2) is 0 Å². The van der Waals surface area contributed by atoms with Crippen LogP contribution in [0, 0.1) is 79.3 Å². The molecule has 3 saturated carbocycles. The second-order valence-corrected chi connectivity index (χ2v) is 6.62. The lowest BCUT2D eigenvalue weighted by Gasteiger charge is -2.45. The molecule has 0 aliphatic heterocycles. The molecular formula is C16H12N4. The van der Waals surface area contributed by atoms with Crippen molar-refractivity contribution in [3.05, 3.63) is 11.6 Å². The van der Waals surface area contributed by atoms with Crippen molar-refractivity contribution in [3.8, 4) is 24.3 Å². The topological polar surface area (TPSA) is 95.2 Å². The third-order valence-electron chi connectivity index (χ3n) is 6.51. The Morgan fingerprint density at radius 1 is 1.00 bits per heavy atom. The summed E-state index contributed by atoms with van der Waals surface area (Å²) in [6.45, 7) is 0. The van der Waals surface area contributed by atoms with Crippen molar-refractivity contribution in [2.24, 2.45) is 34.0 Å². The van der Waals surface area contributed by atoms with Gasteiger partial charge in [-0.1, -0.05) is 11.6 Å². The van der Waals surface area contributed by atoms with E-state index in [-0.39, 0.29) is 5.92 Å². The SMILES string of the molecule is N#CC1(C#N)[C@H]2C=C3[C@@H]4CC[C@@H](C4)[C@@]3(C2)C1(C#N)C#N. The van der Waals surface area contributed by atoms with Gasteiger partial charge in [-0.25, -0.2) is 0 Å². The summed E-state index contributed by atoms with van der Waals surface area (Å²) < 4.78 is 0. The minimum atomic E-state index is -1.50. The van der Waals surface area contributed by atoms with Crippen LogP contribution in [0.1, 0.15) is 25.7 Å². The monoisotopic (exact) mass is 260 g/mol. The van der Waals surface area contributed by atoms with Gasteiger partial charge >= 0.3 is 0 Å². The molecule has 0 unspecified atom stereocenters. The molecule has 4 bridgehead atoms. The van der Waals surface area contributed by atoms with Crippen molar-refractivity contribution in [1.29, 1.82) is 21.0 Å². The number of fused-ring (bicyclic) bond motifs is 4. The molecule has 4 aliphatic rings. The molecule has 3 fully saturated rings. The van der Waals surface area contributed by atoms with Crippen LogP contribution in [0.3, 0.4) is 0 Å². The van der Waals surface area contributed by atoms with Crippen LogP contribution in [0.15, 0.2) is 11.6 Å². The lowest BCUT2D eigenvalue weighted by molar-refractivity contribution is 0.112. The lowest BCUT2D eigenvalue weighted by Crippen LogP contribution is -2.50. The van der Waals surface area contributed by atoms with Gasteiger partial charge in [-0.2, -0.15) is 21.0 Å². The summed E-state index contributed by atoms with van der Waals surface area (Å²) in [5.41, 5.74) is -2.28. The second-order valence-electron chi connectivity index (χ2n) is 6.62. The first-order chi connectivity index (χ1) is 9.65. The highest BCUT2D eigenvalue weighted by Gasteiger charge is 2.82. The Bertz CT molecular complexity index is 692. The zero-order valence-electron chi connectivity index (χ0n) is 10.9. The summed E-state index contributed by atoms with van der Waals surface area (Å²) in [6, 6.07) is 8.44. The lowest BCUT2D eigenvalue weighted by atomic mass is 9.50. The Kier molecular flexibility index (Phi) is 1.76. The van der Waals surface area contributed by atoms with E-state index >= 15 is 0 Å². The number of allylic oxidation sites excluding steroid dienone is 2. The molecule has 0 amide bonds. The molecule has 0 N–H and O–H groups in total. The smallest absolute Gasteiger partial charge is 0.185 e. The quantitative estimate of drug-likeness (QED) is 0.625. The summed E-state index contributed by atoms with van der Waals surface area (Å²) in [7, 11) is 0. The van der Waals surface area contributed by atoms with Crippen LogP contribution in [0.2, 0.25) is 0 Å². The maximum absolute atomic E-state index is 9.80. The highest BCUT2D eigenvalue weighted by molar-refractivity contribution is 5.56. The predicted molar refractivity (Wildman–Crippen MR) is 66.8 cm³/mol. The minimum Gasteiger partial charge on any atom is -0.196 e. The molecule has 1 spiro atoms. The Morgan fingerprint density at radius 2 is 1.70 bits per heavy atom. The number of nitriles is 4. The Balaban J connectivity index is 2.08. The third kappa shape index (κ3) is 0.740. The standard InChI is InChI=1S/C16H12N4/c17-6-14(7-18)12-4-13-10-1-2-11(3-10)16(13,5-12)15(14,8-19)9-20/h4,10-12H,1-3,5H2/t10-,11+,12+,16-/m1/s1. The van der Waals surface area contributed by atoms with Crippen LogP contribution in [0.25, 0.3) is 0 Å². The van der Waals surface area contributed by atoms with E-state index in [2.05, 4.69) is 30.4 Å². The van der Waals surface area contributed by atoms with Crippen molar-refractivity contribution < 1.29 is 0 Å². The van der Waals surface area contributed by atoms with Gasteiger partial charge in [-0.15, -0.1) is 0 Å². The van der Waals surface area contributed by atoms with E-state index in [1.54, 1.807) is 0 Å². The van der Waals surface area contributed by atoms with Gasteiger partial charge in [0, 0.05) is 11.3 Å². The molecule has 4 heteroatoms. The first kappa shape index (κ1) is 11.5. The van der Waals surface area contributed by atoms with E-state index in [0.717, 1.165) is 19.3 Å². The van der Waals surface area contributed by atoms with Gasteiger partial charge in [0.15, 0.2) is 10.8 Å². The van der Waals surface area contributed by atoms with Crippen molar-refractivity contribution in [1.82, 2.24) is 0 Å². The van der Waals surface area contributed by atoms with Crippen LogP contribution in [0.4, 0.5) is 0 Å². The molecule has 0 aromatic carbocycles. The average molecular weight is 260 g/mol. The van der Waals surface area contributed by atoms with Crippen LogP contribution < -0.4 is 0 Å². The summed E-state index contributed by atoms with van der Waals surface area (Å²) >= 11 is 0. The van der Waals surface area contributed by atoms with E-state index in [4.69, 9.17) is 0 Å². The molecule has 4 nitrogen and oxygen atoms in total. The highest BCUT2D eigenvalue weighted by Crippen LogP contribution is 2.81. The fourth-order valence-electron chi connectivity index (χ4n) is 5.85. The molecule has 4 rings (SSSR count). The van der Waals surface area contributed by atoms with E-state index in [1.165, 1.54) is 5.57 Å². The van der Waals surface area contributed by atoms with Gasteiger partial charge in [0.25, 0.3) is 0 Å². The highest BCUT2D eigenvalue weighted by atomic mass is 14.8. The number of hydrogen-bond donors (Lipinski definition) is 0. The summed E-state index contributed by atoms with van der Waals surface area (Å²) in [5.74, 6) is 0.517. The molecule has 4 atom stereocenters. The number of hydrogen-bond acceptors (Lipinski definition) is 4. The molecule has 4 aliphatic carbocycles. The zero-order chi connectivity index (χ0) is 14.2. The Hall–Kier alpha value is -2.30. The molecule has 0 saturated heterocycles. The van der Waals surface area contributed by atoms with Gasteiger partial charge in [-0.05, 0) is 37.5 Å². The van der Waals surface area contributed by atoms with Gasteiger partial charge in [-0.3, -0.25) is 0 Å². The molecule has 96 valence electrons. The number of rotatable bonds is 0. The van der Waals surface area contributed by atoms with E-state index in [9.17, 15) is 21.0 Å². The fraction of sp³-hybridized carbons (Fsp3) is 0.625. The fourth-order valence-corrected chi connectivity index (χ4v) is 5.85. The van der Waals surface area contributed by atoms with Gasteiger partial charge in [0.05, 0.1) is 24.3 Å². The van der Waals surface area contributed by atoms with Crippen molar-refractivity contribution in [2.45, 2.75) is 25.7 Å². The van der Waals surface area contributed by atoms with Gasteiger partial charge in [0.2, 0.25) is 0 Å². The van der Waals surface area contributed by atoms with Gasteiger partial charge < -0.3 is 0 Å². The Morgan fingerprint density at radius 3 is 2.30 bits per heavy atom. The first-order valence-electron chi connectivity index (χ1n) is 7.03. The summed E-state index contributed by atoms with van der Waals surface area (Å²) in [4.78, 5) is 0. The average Bonchev–Trinajstić information content (AvgIpc) is 3.19. The largest absolute Gasteiger partial charge is 0.196 e. The van der Waals surface area contributed by atoms with Crippen molar-refractivity contribution >= 4 is 0 Å². The summed E-state index contributed by atoms with van der Waals surface area (Å²) in [6.07, 6.45) is 5.89. The van der Waals surface area contributed by atoms with Crippen LogP contribution in [-0.2, 0) is 0 Å². The van der Waals surface area contributed by atoms with E-state index < -0.39 is 16.2 Å². The zero-order valence-corrected chi connectivity index (χ0v) is 10.9. The molecular weight excluding hydrogens is 248 g/mol. The maximum Gasteiger partial charge on any atom is 0.185 e. The molecule has 20 heavy (non-hydrogen) atoms. The molecule has 0 aromatic rings. The third-order valence-corrected chi connectivity index (χ3v) is 6.51. The predicted octanol–water partition coefficient (Wildman–Crippen LogP) is 2.43. The van der Waals surface area contributed by atoms with Gasteiger partial charge in [0.1, 0.15) is 0 Å². The molecule has 0 radical (unpaired) electrons. The second kappa shape index (κ2) is 3.06. The van der Waals surface area contributed by atoms with E-state index in [0.29, 0.717) is 18.3 Å². The first-order valence-corrected chi connectivity index (χ1v) is 7.03. The normalized spacial score (nSPS) is 43.8. The minimum absolute atomic E-state index is 0.254. The van der Waals surface area contributed by atoms with Crippen molar-refractivity contribution in [3.63, 3.8) is 0 Å². The number of nitrogens with zero attached hydrogens (tertiary/aromatic N) is 4. The van der Waals surface area contributed by atoms with Crippen LogP contribution in [0.5, 0.6) is 0 Å². The maximum atomic E-state index is 9.80. The molecule has 0 heterocycles. The summed E-state index contributed by atoms with van der Waals surface area (Å²) in [5, 5.41) is 38.8. The Labute approximate surface area is 117 Å². The molecule has 0 aromatic heterocycles.